The Balaban J connectivity index is 2.10. The Labute approximate surface area is 122 Å². The number of nitrogens with zero attached hydrogens (tertiary/aromatic N) is 1. The van der Waals surface area contributed by atoms with Crippen LogP contribution in [0.15, 0.2) is 65.7 Å². The molecule has 1 aliphatic heterocycles. The van der Waals surface area contributed by atoms with E-state index in [9.17, 15) is 9.59 Å². The van der Waals surface area contributed by atoms with E-state index in [1.54, 1.807) is 19.1 Å². The summed E-state index contributed by atoms with van der Waals surface area (Å²) in [7, 11) is 0. The van der Waals surface area contributed by atoms with Gasteiger partial charge in [-0.3, -0.25) is 4.79 Å². The Morgan fingerprint density at radius 3 is 2.10 bits per heavy atom. The van der Waals surface area contributed by atoms with Gasteiger partial charge in [0.2, 0.25) is 5.78 Å². The molecule has 2 aromatic rings. The normalized spacial score (nSPS) is 21.7. The van der Waals surface area contributed by atoms with Crippen LogP contribution in [0, 0.1) is 0 Å². The maximum absolute atomic E-state index is 12.8. The summed E-state index contributed by atoms with van der Waals surface area (Å²) in [5.41, 5.74) is 0.502. The summed E-state index contributed by atoms with van der Waals surface area (Å²) in [5.74, 6) is -0.209. The van der Waals surface area contributed by atoms with Crippen LogP contribution in [0.25, 0.3) is 0 Å². The van der Waals surface area contributed by atoms with Crippen LogP contribution >= 0.6 is 0 Å². The van der Waals surface area contributed by atoms with Crippen molar-refractivity contribution < 1.29 is 9.59 Å². The van der Waals surface area contributed by atoms with Crippen LogP contribution in [0.4, 0.5) is 4.79 Å². The molecule has 0 spiro atoms. The highest BCUT2D eigenvalue weighted by Crippen LogP contribution is 2.26. The number of amides is 2. The fourth-order valence-electron chi connectivity index (χ4n) is 2.45. The van der Waals surface area contributed by atoms with Crippen molar-refractivity contribution >= 4 is 17.5 Å². The fourth-order valence-corrected chi connectivity index (χ4v) is 2.45. The molecule has 104 valence electrons. The van der Waals surface area contributed by atoms with E-state index in [0.29, 0.717) is 5.56 Å². The smallest absolute Gasteiger partial charge is 0.319 e. The minimum Gasteiger partial charge on any atom is -0.319 e. The van der Waals surface area contributed by atoms with Gasteiger partial charge in [0.15, 0.2) is 0 Å². The first-order chi connectivity index (χ1) is 10.1. The molecule has 0 saturated heterocycles. The zero-order valence-corrected chi connectivity index (χ0v) is 11.5. The minimum atomic E-state index is -1.09. The van der Waals surface area contributed by atoms with Crippen molar-refractivity contribution in [3.8, 4) is 0 Å². The third-order valence-electron chi connectivity index (χ3n) is 3.64. The molecular weight excluding hydrogens is 264 g/mol. The summed E-state index contributed by atoms with van der Waals surface area (Å²) in [5, 5.41) is 2.68. The second-order valence-corrected chi connectivity index (χ2v) is 5.08. The summed E-state index contributed by atoms with van der Waals surface area (Å²) in [6, 6.07) is 17.7. The molecule has 0 aliphatic carbocycles. The number of nitrogens with one attached hydrogen (secondary N) is 1. The highest BCUT2D eigenvalue weighted by Gasteiger charge is 2.42. The van der Waals surface area contributed by atoms with Gasteiger partial charge in [0.05, 0.1) is 0 Å². The van der Waals surface area contributed by atoms with Gasteiger partial charge < -0.3 is 5.32 Å². The quantitative estimate of drug-likeness (QED) is 0.918. The molecule has 1 atom stereocenters. The molecule has 0 saturated carbocycles. The van der Waals surface area contributed by atoms with E-state index in [4.69, 9.17) is 0 Å². The maximum atomic E-state index is 12.8. The van der Waals surface area contributed by atoms with Gasteiger partial charge in [-0.05, 0) is 12.5 Å². The van der Waals surface area contributed by atoms with Gasteiger partial charge in [-0.25, -0.2) is 4.79 Å². The van der Waals surface area contributed by atoms with Gasteiger partial charge in [0, 0.05) is 5.56 Å². The lowest BCUT2D eigenvalue weighted by atomic mass is 9.82. The zero-order valence-electron chi connectivity index (χ0n) is 11.5. The van der Waals surface area contributed by atoms with E-state index in [2.05, 4.69) is 10.3 Å². The molecule has 0 aromatic heterocycles. The van der Waals surface area contributed by atoms with Crippen LogP contribution in [0.5, 0.6) is 0 Å². The Bertz CT molecular complexity index is 723. The van der Waals surface area contributed by atoms with Crippen molar-refractivity contribution in [3.63, 3.8) is 0 Å². The number of Topliss-reactive ketones (excluding diaryl/α,β-unsaturated/α-hetero) is 1. The lowest BCUT2D eigenvalue weighted by Crippen LogP contribution is -2.55. The fraction of sp³-hybridized carbons (Fsp3) is 0.118. The van der Waals surface area contributed by atoms with Crippen LogP contribution < -0.4 is 5.32 Å². The number of carbonyl (C=O) groups excluding carboxylic acids is 2. The number of urea groups is 1. The largest absolute Gasteiger partial charge is 0.342 e. The van der Waals surface area contributed by atoms with Gasteiger partial charge in [-0.1, -0.05) is 60.7 Å². The average Bonchev–Trinajstić information content (AvgIpc) is 2.52. The lowest BCUT2D eigenvalue weighted by molar-refractivity contribution is -0.118. The average molecular weight is 278 g/mol. The predicted octanol–water partition coefficient (Wildman–Crippen LogP) is 2.68. The number of hydrogen-bond donors (Lipinski definition) is 1. The van der Waals surface area contributed by atoms with Crippen molar-refractivity contribution in [2.24, 2.45) is 4.99 Å². The molecule has 1 aliphatic rings. The molecule has 21 heavy (non-hydrogen) atoms. The van der Waals surface area contributed by atoms with Crippen LogP contribution in [0.1, 0.15) is 18.1 Å². The Hall–Kier alpha value is -2.75. The van der Waals surface area contributed by atoms with Gasteiger partial charge in [0.1, 0.15) is 11.3 Å². The van der Waals surface area contributed by atoms with Crippen molar-refractivity contribution in [1.82, 2.24) is 5.32 Å². The molecule has 1 unspecified atom stereocenters. The highest BCUT2D eigenvalue weighted by molar-refractivity contribution is 6.51. The number of ketones is 1. The van der Waals surface area contributed by atoms with E-state index in [1.165, 1.54) is 0 Å². The SMILES string of the molecule is CC1(c2ccccc2)NC(=O)N=C(c2ccccc2)C1=O. The second-order valence-electron chi connectivity index (χ2n) is 5.08. The van der Waals surface area contributed by atoms with E-state index in [0.717, 1.165) is 5.56 Å². The Morgan fingerprint density at radius 1 is 0.905 bits per heavy atom. The van der Waals surface area contributed by atoms with E-state index in [-0.39, 0.29) is 11.5 Å². The molecule has 0 bridgehead atoms. The van der Waals surface area contributed by atoms with Crippen LogP contribution in [0.2, 0.25) is 0 Å². The van der Waals surface area contributed by atoms with Gasteiger partial charge >= 0.3 is 6.03 Å². The minimum absolute atomic E-state index is 0.200. The molecule has 1 N–H and O–H groups in total. The summed E-state index contributed by atoms with van der Waals surface area (Å²) < 4.78 is 0. The van der Waals surface area contributed by atoms with Gasteiger partial charge in [-0.2, -0.15) is 4.99 Å². The topological polar surface area (TPSA) is 58.5 Å². The van der Waals surface area contributed by atoms with E-state index >= 15 is 0 Å². The van der Waals surface area contributed by atoms with Crippen LogP contribution in [-0.2, 0) is 10.3 Å². The lowest BCUT2D eigenvalue weighted by Gasteiger charge is -2.32. The standard InChI is InChI=1S/C17H14N2O2/c1-17(13-10-6-3-7-11-13)15(20)14(18-16(21)19-17)12-8-4-2-5-9-12/h2-11H,1H3,(H,19,21). The van der Waals surface area contributed by atoms with E-state index < -0.39 is 11.6 Å². The maximum Gasteiger partial charge on any atom is 0.342 e. The molecule has 2 amide bonds. The molecule has 4 heteroatoms. The third kappa shape index (κ3) is 2.25. The monoisotopic (exact) mass is 278 g/mol. The summed E-state index contributed by atoms with van der Waals surface area (Å²) in [6.07, 6.45) is 0. The van der Waals surface area contributed by atoms with Gasteiger partial charge in [-0.15, -0.1) is 0 Å². The summed E-state index contributed by atoms with van der Waals surface area (Å²) in [6.45, 7) is 1.71. The molecular formula is C17H14N2O2. The molecule has 0 fully saturated rings. The van der Waals surface area contributed by atoms with Crippen molar-refractivity contribution in [3.05, 3.63) is 71.8 Å². The Morgan fingerprint density at radius 2 is 1.48 bits per heavy atom. The highest BCUT2D eigenvalue weighted by atomic mass is 16.2. The molecule has 1 heterocycles. The first-order valence-electron chi connectivity index (χ1n) is 6.68. The van der Waals surface area contributed by atoms with E-state index in [1.807, 2.05) is 48.5 Å². The van der Waals surface area contributed by atoms with Crippen molar-refractivity contribution in [2.75, 3.05) is 0 Å². The van der Waals surface area contributed by atoms with Crippen molar-refractivity contribution in [1.29, 1.82) is 0 Å². The number of rotatable bonds is 2. The second kappa shape index (κ2) is 4.98. The van der Waals surface area contributed by atoms with Crippen LogP contribution in [0.3, 0.4) is 0 Å². The first-order valence-corrected chi connectivity index (χ1v) is 6.68. The van der Waals surface area contributed by atoms with Gasteiger partial charge in [0.25, 0.3) is 0 Å². The third-order valence-corrected chi connectivity index (χ3v) is 3.64. The molecule has 0 radical (unpaired) electrons. The Kier molecular flexibility index (Phi) is 3.14. The first kappa shape index (κ1) is 13.2. The summed E-state index contributed by atoms with van der Waals surface area (Å²) in [4.78, 5) is 28.7. The molecule has 4 nitrogen and oxygen atoms in total. The summed E-state index contributed by atoms with van der Waals surface area (Å²) >= 11 is 0. The number of aliphatic imine (C=N–C) groups is 1. The zero-order chi connectivity index (χ0) is 14.9. The van der Waals surface area contributed by atoms with Crippen LogP contribution in [-0.4, -0.2) is 17.5 Å². The number of hydrogen-bond acceptors (Lipinski definition) is 2. The number of carbonyl (C=O) groups is 2. The predicted molar refractivity (Wildman–Crippen MR) is 80.3 cm³/mol. The number of benzene rings is 2. The van der Waals surface area contributed by atoms with Crippen molar-refractivity contribution in [2.45, 2.75) is 12.5 Å². The molecule has 2 aromatic carbocycles. The molecule has 3 rings (SSSR count).